The van der Waals surface area contributed by atoms with E-state index < -0.39 is 0 Å². The first kappa shape index (κ1) is 18.5. The minimum absolute atomic E-state index is 0.673. The monoisotopic (exact) mass is 302 g/mol. The summed E-state index contributed by atoms with van der Waals surface area (Å²) in [5, 5.41) is 0.673. The van der Waals surface area contributed by atoms with E-state index >= 15 is 0 Å². The normalized spacial score (nSPS) is 26.9. The van der Waals surface area contributed by atoms with Crippen LogP contribution >= 0.6 is 0 Å². The second kappa shape index (κ2) is 10.8. The van der Waals surface area contributed by atoms with E-state index in [1.807, 2.05) is 0 Å². The lowest BCUT2D eigenvalue weighted by Gasteiger charge is -2.34. The molecule has 2 fully saturated rings. The van der Waals surface area contributed by atoms with Gasteiger partial charge in [-0.1, -0.05) is 127 Å². The fraction of sp³-hybridized carbons (Fsp3) is 1.00. The summed E-state index contributed by atoms with van der Waals surface area (Å²) in [5.74, 6) is 1.05. The summed E-state index contributed by atoms with van der Waals surface area (Å²) in [5.41, 5.74) is 0. The molecule has 2 heteroatoms. The van der Waals surface area contributed by atoms with E-state index in [4.69, 9.17) is 0 Å². The smallest absolute Gasteiger partial charge is 0.0808 e. The molecule has 2 saturated carbocycles. The summed E-state index contributed by atoms with van der Waals surface area (Å²) in [6, 6.07) is 0. The zero-order valence-corrected chi connectivity index (χ0v) is 15.5. The van der Waals surface area contributed by atoms with Crippen LogP contribution in [0.3, 0.4) is 0 Å². The maximum absolute atomic E-state index is 2.65. The van der Waals surface area contributed by atoms with Gasteiger partial charge in [-0.25, -0.2) is 0 Å². The molecule has 0 amide bonds. The van der Waals surface area contributed by atoms with Crippen molar-refractivity contribution in [3.8, 4) is 0 Å². The molecule has 0 atom stereocenters. The number of hydrogen-bond acceptors (Lipinski definition) is 0. The van der Waals surface area contributed by atoms with Gasteiger partial charge in [0.25, 0.3) is 0 Å². The van der Waals surface area contributed by atoms with E-state index in [0.29, 0.717) is 5.21 Å². The molecule has 0 unspecified atom stereocenters. The summed E-state index contributed by atoms with van der Waals surface area (Å²) in [7, 11) is 4.19. The topological polar surface area (TPSA) is 0 Å². The van der Waals surface area contributed by atoms with Crippen LogP contribution in [0, 0.1) is 0 Å². The molecule has 0 nitrogen and oxygen atoms in total. The third kappa shape index (κ3) is 7.60. The van der Waals surface area contributed by atoms with Crippen LogP contribution in [0.2, 0.25) is 11.0 Å². The highest BCUT2D eigenvalue weighted by Gasteiger charge is 2.29. The molecule has 2 aliphatic rings. The van der Waals surface area contributed by atoms with Crippen LogP contribution in [-0.2, 0) is 0 Å². The largest absolute Gasteiger partial charge is 0.122 e. The Labute approximate surface area is 142 Å². The van der Waals surface area contributed by atoms with Crippen LogP contribution < -0.4 is 0 Å². The third-order valence-corrected chi connectivity index (χ3v) is 6.57. The minimum Gasteiger partial charge on any atom is -0.0808 e. The van der Waals surface area contributed by atoms with E-state index in [1.54, 1.807) is 7.28 Å². The Morgan fingerprint density at radius 2 is 0.909 bits per heavy atom. The Morgan fingerprint density at radius 1 is 0.545 bits per heavy atom. The van der Waals surface area contributed by atoms with Crippen LogP contribution in [-0.4, -0.2) is 15.1 Å². The van der Waals surface area contributed by atoms with Gasteiger partial charge in [0.2, 0.25) is 0 Å². The Morgan fingerprint density at radius 3 is 1.36 bits per heavy atom. The molecule has 0 heterocycles. The zero-order chi connectivity index (χ0) is 15.5. The van der Waals surface area contributed by atoms with Crippen molar-refractivity contribution in [3.05, 3.63) is 0 Å². The van der Waals surface area contributed by atoms with Crippen LogP contribution in [0.25, 0.3) is 0 Å². The van der Waals surface area contributed by atoms with Crippen molar-refractivity contribution in [2.24, 2.45) is 0 Å². The van der Waals surface area contributed by atoms with Gasteiger partial charge in [0.05, 0.1) is 7.85 Å². The van der Waals surface area contributed by atoms with Gasteiger partial charge in [-0.2, -0.15) is 0 Å². The minimum atomic E-state index is 0.673. The van der Waals surface area contributed by atoms with Crippen molar-refractivity contribution >= 4 is 15.1 Å². The second-order valence-electron chi connectivity index (χ2n) is 8.91. The molecular formula is C20H40B2. The lowest BCUT2D eigenvalue weighted by Crippen LogP contribution is -2.26. The van der Waals surface area contributed by atoms with Gasteiger partial charge in [0.15, 0.2) is 0 Å². The average molecular weight is 302 g/mol. The Balaban J connectivity index is 1.84. The molecule has 0 aromatic carbocycles. The summed E-state index contributed by atoms with van der Waals surface area (Å²) in [6.07, 6.45) is 27.2. The van der Waals surface area contributed by atoms with Gasteiger partial charge in [0.1, 0.15) is 7.28 Å². The van der Waals surface area contributed by atoms with E-state index in [2.05, 4.69) is 7.85 Å². The summed E-state index contributed by atoms with van der Waals surface area (Å²) in [6.45, 7) is 0. The second-order valence-corrected chi connectivity index (χ2v) is 8.91. The SMILES string of the molecule is BC1(BC2CCCCCCCCC2)CCCCCCCCC1. The third-order valence-electron chi connectivity index (χ3n) is 6.57. The van der Waals surface area contributed by atoms with Gasteiger partial charge >= 0.3 is 0 Å². The molecule has 2 rings (SSSR count). The molecular weight excluding hydrogens is 262 g/mol. The highest BCUT2D eigenvalue weighted by atomic mass is 14.2. The quantitative estimate of drug-likeness (QED) is 0.548. The molecule has 0 radical (unpaired) electrons. The number of rotatable bonds is 2. The van der Waals surface area contributed by atoms with E-state index in [-0.39, 0.29) is 0 Å². The van der Waals surface area contributed by atoms with Crippen molar-refractivity contribution in [1.29, 1.82) is 0 Å². The zero-order valence-electron chi connectivity index (χ0n) is 15.5. The standard InChI is InChI=1S/C20H40B2/c21-20(17-13-9-5-2-6-10-14-18-20)22-19-15-11-7-3-1-4-8-12-16-19/h19,22H,1-18,21H2. The lowest BCUT2D eigenvalue weighted by atomic mass is 9.34. The van der Waals surface area contributed by atoms with Gasteiger partial charge in [-0.3, -0.25) is 0 Å². The van der Waals surface area contributed by atoms with E-state index in [9.17, 15) is 0 Å². The van der Waals surface area contributed by atoms with E-state index in [0.717, 1.165) is 5.82 Å². The van der Waals surface area contributed by atoms with Crippen molar-refractivity contribution in [3.63, 3.8) is 0 Å². The molecule has 0 bridgehead atoms. The molecule has 0 saturated heterocycles. The predicted molar refractivity (Wildman–Crippen MR) is 105 cm³/mol. The van der Waals surface area contributed by atoms with Gasteiger partial charge < -0.3 is 0 Å². The maximum atomic E-state index is 2.65. The van der Waals surface area contributed by atoms with Crippen LogP contribution in [0.15, 0.2) is 0 Å². The molecule has 0 aromatic rings. The first-order chi connectivity index (χ1) is 10.8. The summed E-state index contributed by atoms with van der Waals surface area (Å²) >= 11 is 0. The fourth-order valence-electron chi connectivity index (χ4n) is 5.11. The van der Waals surface area contributed by atoms with Crippen molar-refractivity contribution in [2.45, 2.75) is 127 Å². The van der Waals surface area contributed by atoms with Gasteiger partial charge in [-0.15, -0.1) is 0 Å². The predicted octanol–water partition coefficient (Wildman–Crippen LogP) is 6.01. The van der Waals surface area contributed by atoms with Crippen LogP contribution in [0.4, 0.5) is 0 Å². The average Bonchev–Trinajstić information content (AvgIpc) is 2.52. The van der Waals surface area contributed by atoms with Crippen LogP contribution in [0.5, 0.6) is 0 Å². The Bertz CT molecular complexity index is 257. The first-order valence-electron chi connectivity index (χ1n) is 10.8. The van der Waals surface area contributed by atoms with Crippen molar-refractivity contribution < 1.29 is 0 Å². The molecule has 0 spiro atoms. The molecule has 2 aliphatic carbocycles. The Kier molecular flexibility index (Phi) is 9.08. The molecule has 0 N–H and O–H groups in total. The number of hydrogen-bond donors (Lipinski definition) is 0. The van der Waals surface area contributed by atoms with Crippen molar-refractivity contribution in [1.82, 2.24) is 0 Å². The summed E-state index contributed by atoms with van der Waals surface area (Å²) in [4.78, 5) is 0. The van der Waals surface area contributed by atoms with Crippen LogP contribution in [0.1, 0.15) is 116 Å². The summed E-state index contributed by atoms with van der Waals surface area (Å²) < 4.78 is 0. The van der Waals surface area contributed by atoms with Crippen molar-refractivity contribution in [2.75, 3.05) is 0 Å². The highest BCUT2D eigenvalue weighted by Crippen LogP contribution is 2.41. The lowest BCUT2D eigenvalue weighted by molar-refractivity contribution is 0.464. The van der Waals surface area contributed by atoms with Gasteiger partial charge in [0, 0.05) is 0 Å². The Hall–Kier alpha value is 0.130. The molecule has 126 valence electrons. The first-order valence-corrected chi connectivity index (χ1v) is 10.8. The van der Waals surface area contributed by atoms with Gasteiger partial charge in [-0.05, 0) is 0 Å². The molecule has 0 aliphatic heterocycles. The maximum Gasteiger partial charge on any atom is 0.122 e. The molecule has 22 heavy (non-hydrogen) atoms. The molecule has 0 aromatic heterocycles. The fourth-order valence-corrected chi connectivity index (χ4v) is 5.11. The van der Waals surface area contributed by atoms with E-state index in [1.165, 1.54) is 116 Å². The highest BCUT2D eigenvalue weighted by molar-refractivity contribution is 6.55.